The standard InChI is InChI=1S/C22H25ClN4O4/c1-12-20(14-8-16-13(6-15(14)23)7-18(29)25-16)26-17(10-28)21(24-12)27-4-2-22(3-5-27)9-19(30)31-11-22/h6,8,19,28,30H,2-5,7,9-11H2,1H3,(H,25,29)/t19-/m1/s1. The molecule has 0 aliphatic carbocycles. The summed E-state index contributed by atoms with van der Waals surface area (Å²) in [5.74, 6) is 0.629. The molecule has 5 rings (SSSR count). The molecule has 2 aromatic rings. The van der Waals surface area contributed by atoms with Crippen LogP contribution in [0.1, 0.15) is 36.2 Å². The summed E-state index contributed by atoms with van der Waals surface area (Å²) in [6.45, 7) is 3.76. The van der Waals surface area contributed by atoms with Crippen molar-refractivity contribution in [2.24, 2.45) is 5.41 Å². The summed E-state index contributed by atoms with van der Waals surface area (Å²) in [6.07, 6.45) is 2.12. The van der Waals surface area contributed by atoms with Gasteiger partial charge in [-0.25, -0.2) is 9.97 Å². The molecule has 1 aromatic heterocycles. The second-order valence-electron chi connectivity index (χ2n) is 8.76. The Bertz CT molecular complexity index is 1050. The van der Waals surface area contributed by atoms with E-state index in [4.69, 9.17) is 26.3 Å². The van der Waals surface area contributed by atoms with Gasteiger partial charge in [0.2, 0.25) is 5.91 Å². The SMILES string of the molecule is Cc1nc(N2CCC3(CC2)CO[C@@H](O)C3)c(CO)nc1-c1cc2c(cc1Cl)CC(=O)N2. The minimum absolute atomic E-state index is 0.0279. The third-order valence-electron chi connectivity index (χ3n) is 6.66. The average Bonchev–Trinajstić information content (AvgIpc) is 3.29. The number of ether oxygens (including phenoxy) is 1. The van der Waals surface area contributed by atoms with E-state index in [0.717, 1.165) is 37.2 Å². The molecule has 1 amide bonds. The summed E-state index contributed by atoms with van der Waals surface area (Å²) >= 11 is 6.52. The first-order valence-electron chi connectivity index (χ1n) is 10.5. The van der Waals surface area contributed by atoms with Gasteiger partial charge in [0.05, 0.1) is 36.0 Å². The van der Waals surface area contributed by atoms with Crippen molar-refractivity contribution in [1.82, 2.24) is 9.97 Å². The third-order valence-corrected chi connectivity index (χ3v) is 6.97. The lowest BCUT2D eigenvalue weighted by molar-refractivity contribution is -0.115. The topological polar surface area (TPSA) is 108 Å². The predicted octanol–water partition coefficient (Wildman–Crippen LogP) is 2.42. The van der Waals surface area contributed by atoms with E-state index < -0.39 is 6.29 Å². The zero-order valence-electron chi connectivity index (χ0n) is 17.3. The molecule has 3 aliphatic rings. The molecular formula is C22H25ClN4O4. The summed E-state index contributed by atoms with van der Waals surface area (Å²) < 4.78 is 5.40. The summed E-state index contributed by atoms with van der Waals surface area (Å²) in [5, 5.41) is 23.1. The lowest BCUT2D eigenvalue weighted by Gasteiger charge is -2.39. The van der Waals surface area contributed by atoms with Gasteiger partial charge in [-0.2, -0.15) is 0 Å². The van der Waals surface area contributed by atoms with E-state index in [1.54, 1.807) is 6.07 Å². The van der Waals surface area contributed by atoms with Crippen LogP contribution in [0.2, 0.25) is 5.02 Å². The van der Waals surface area contributed by atoms with Gasteiger partial charge in [0.25, 0.3) is 0 Å². The fourth-order valence-electron chi connectivity index (χ4n) is 4.89. The highest BCUT2D eigenvalue weighted by atomic mass is 35.5. The molecule has 0 unspecified atom stereocenters. The molecule has 1 aromatic carbocycles. The number of nitrogens with zero attached hydrogens (tertiary/aromatic N) is 3. The van der Waals surface area contributed by atoms with Crippen LogP contribution in [0, 0.1) is 12.3 Å². The first kappa shape index (κ1) is 20.6. The second-order valence-corrected chi connectivity index (χ2v) is 9.16. The molecule has 2 saturated heterocycles. The highest BCUT2D eigenvalue weighted by Gasteiger charge is 2.42. The Hall–Kier alpha value is -2.26. The third kappa shape index (κ3) is 3.67. The van der Waals surface area contributed by atoms with Crippen molar-refractivity contribution < 1.29 is 19.7 Å². The molecular weight excluding hydrogens is 420 g/mol. The minimum Gasteiger partial charge on any atom is -0.390 e. The number of fused-ring (bicyclic) bond motifs is 1. The van der Waals surface area contributed by atoms with Gasteiger partial charge in [0.15, 0.2) is 12.1 Å². The highest BCUT2D eigenvalue weighted by Crippen LogP contribution is 2.43. The Morgan fingerprint density at radius 2 is 2.10 bits per heavy atom. The molecule has 3 N–H and O–H groups in total. The summed E-state index contributed by atoms with van der Waals surface area (Å²) in [7, 11) is 0. The Morgan fingerprint density at radius 3 is 2.77 bits per heavy atom. The number of aryl methyl sites for hydroxylation is 1. The fourth-order valence-corrected chi connectivity index (χ4v) is 5.16. The van der Waals surface area contributed by atoms with Gasteiger partial charge >= 0.3 is 0 Å². The molecule has 9 heteroatoms. The van der Waals surface area contributed by atoms with Crippen molar-refractivity contribution in [3.63, 3.8) is 0 Å². The first-order chi connectivity index (χ1) is 14.9. The molecule has 0 radical (unpaired) electrons. The number of hydrogen-bond donors (Lipinski definition) is 3. The fraction of sp³-hybridized carbons (Fsp3) is 0.500. The highest BCUT2D eigenvalue weighted by molar-refractivity contribution is 6.33. The number of hydrogen-bond acceptors (Lipinski definition) is 7. The zero-order valence-corrected chi connectivity index (χ0v) is 18.1. The molecule has 164 valence electrons. The van der Waals surface area contributed by atoms with E-state index in [9.17, 15) is 15.0 Å². The molecule has 4 heterocycles. The normalized spacial score (nSPS) is 22.1. The maximum atomic E-state index is 11.7. The number of carbonyl (C=O) groups excluding carboxylic acids is 1. The molecule has 1 atom stereocenters. The van der Waals surface area contributed by atoms with Crippen molar-refractivity contribution >= 4 is 29.0 Å². The lowest BCUT2D eigenvalue weighted by Crippen LogP contribution is -2.41. The first-order valence-corrected chi connectivity index (χ1v) is 10.9. The number of piperidine rings is 1. The van der Waals surface area contributed by atoms with E-state index in [0.29, 0.717) is 52.9 Å². The van der Waals surface area contributed by atoms with Crippen molar-refractivity contribution in [1.29, 1.82) is 0 Å². The van der Waals surface area contributed by atoms with E-state index >= 15 is 0 Å². The number of nitrogens with one attached hydrogen (secondary N) is 1. The molecule has 31 heavy (non-hydrogen) atoms. The molecule has 2 fully saturated rings. The van der Waals surface area contributed by atoms with Gasteiger partial charge in [0.1, 0.15) is 5.69 Å². The minimum atomic E-state index is -0.664. The van der Waals surface area contributed by atoms with Crippen LogP contribution >= 0.6 is 11.6 Å². The quantitative estimate of drug-likeness (QED) is 0.667. The van der Waals surface area contributed by atoms with Crippen LogP contribution in [0.25, 0.3) is 11.3 Å². The second kappa shape index (κ2) is 7.70. The van der Waals surface area contributed by atoms with Crippen LogP contribution in [0.3, 0.4) is 0 Å². The van der Waals surface area contributed by atoms with Crippen LogP contribution < -0.4 is 10.2 Å². The Labute approximate surface area is 185 Å². The van der Waals surface area contributed by atoms with Crippen molar-refractivity contribution in [3.05, 3.63) is 34.1 Å². The van der Waals surface area contributed by atoms with Crippen LogP contribution in [0.15, 0.2) is 12.1 Å². The Morgan fingerprint density at radius 1 is 1.32 bits per heavy atom. The smallest absolute Gasteiger partial charge is 0.228 e. The molecule has 0 saturated carbocycles. The van der Waals surface area contributed by atoms with Gasteiger partial charge in [-0.15, -0.1) is 0 Å². The summed E-state index contributed by atoms with van der Waals surface area (Å²) in [5.41, 5.74) is 4.12. The zero-order chi connectivity index (χ0) is 21.8. The number of amides is 1. The van der Waals surface area contributed by atoms with E-state index in [2.05, 4.69) is 10.2 Å². The number of aliphatic hydroxyl groups excluding tert-OH is 2. The number of carbonyl (C=O) groups is 1. The van der Waals surface area contributed by atoms with Gasteiger partial charge in [-0.3, -0.25) is 4.79 Å². The van der Waals surface area contributed by atoms with Crippen molar-refractivity contribution in [2.45, 2.75) is 45.5 Å². The average molecular weight is 445 g/mol. The van der Waals surface area contributed by atoms with E-state index in [1.165, 1.54) is 0 Å². The monoisotopic (exact) mass is 444 g/mol. The van der Waals surface area contributed by atoms with Crippen LogP contribution in [-0.2, 0) is 22.6 Å². The predicted molar refractivity (Wildman–Crippen MR) is 116 cm³/mol. The van der Waals surface area contributed by atoms with Gasteiger partial charge < -0.3 is 25.2 Å². The summed E-state index contributed by atoms with van der Waals surface area (Å²) in [6, 6.07) is 3.62. The number of aromatic nitrogens is 2. The lowest BCUT2D eigenvalue weighted by atomic mass is 9.77. The van der Waals surface area contributed by atoms with Crippen LogP contribution in [-0.4, -0.2) is 52.1 Å². The largest absolute Gasteiger partial charge is 0.390 e. The van der Waals surface area contributed by atoms with Crippen LogP contribution in [0.4, 0.5) is 11.5 Å². The molecule has 3 aliphatic heterocycles. The van der Waals surface area contributed by atoms with Gasteiger partial charge in [0, 0.05) is 36.2 Å². The number of benzene rings is 1. The Kier molecular flexibility index (Phi) is 5.13. The number of anilines is 2. The molecule has 8 nitrogen and oxygen atoms in total. The van der Waals surface area contributed by atoms with E-state index in [-0.39, 0.29) is 17.9 Å². The number of aliphatic hydroxyl groups is 2. The van der Waals surface area contributed by atoms with Crippen molar-refractivity contribution in [2.75, 3.05) is 29.9 Å². The molecule has 1 spiro atoms. The van der Waals surface area contributed by atoms with Crippen molar-refractivity contribution in [3.8, 4) is 11.3 Å². The van der Waals surface area contributed by atoms with Crippen LogP contribution in [0.5, 0.6) is 0 Å². The van der Waals surface area contributed by atoms with E-state index in [1.807, 2.05) is 13.0 Å². The number of halogens is 1. The number of rotatable bonds is 3. The summed E-state index contributed by atoms with van der Waals surface area (Å²) in [4.78, 5) is 23.4. The van der Waals surface area contributed by atoms with Gasteiger partial charge in [-0.05, 0) is 37.5 Å². The molecule has 0 bridgehead atoms. The maximum absolute atomic E-state index is 11.7. The Balaban J connectivity index is 1.44. The van der Waals surface area contributed by atoms with Gasteiger partial charge in [-0.1, -0.05) is 11.6 Å². The maximum Gasteiger partial charge on any atom is 0.228 e.